The molecule has 2 heterocycles. The Bertz CT molecular complexity index is 1630. The monoisotopic (exact) mass is 774 g/mol. The highest BCUT2D eigenvalue weighted by atomic mass is 32.2. The lowest BCUT2D eigenvalue weighted by Crippen LogP contribution is -2.41. The fourth-order valence-corrected chi connectivity index (χ4v) is 7.78. The van der Waals surface area contributed by atoms with E-state index in [0.29, 0.717) is 38.8 Å². The third-order valence-electron chi connectivity index (χ3n) is 8.00. The molecule has 51 heavy (non-hydrogen) atoms. The predicted octanol–water partition coefficient (Wildman–Crippen LogP) is 6.25. The highest BCUT2D eigenvalue weighted by Crippen LogP contribution is 2.32. The molecule has 4 rings (SSSR count). The van der Waals surface area contributed by atoms with Gasteiger partial charge in [0.2, 0.25) is 20.0 Å². The molecule has 2 aliphatic heterocycles. The second-order valence-electron chi connectivity index (χ2n) is 13.4. The zero-order valence-electron chi connectivity index (χ0n) is 28.8. The van der Waals surface area contributed by atoms with E-state index in [0.717, 1.165) is 11.1 Å². The van der Waals surface area contributed by atoms with Crippen LogP contribution in [-0.4, -0.2) is 101 Å². The van der Waals surface area contributed by atoms with Crippen molar-refractivity contribution < 1.29 is 62.2 Å². The summed E-state index contributed by atoms with van der Waals surface area (Å²) in [5.74, 6) is -0.873. The minimum absolute atomic E-state index is 0.0830. The van der Waals surface area contributed by atoms with Gasteiger partial charge < -0.3 is 14.2 Å². The molecule has 0 radical (unpaired) electrons. The highest BCUT2D eigenvalue weighted by Gasteiger charge is 2.33. The van der Waals surface area contributed by atoms with Crippen molar-refractivity contribution in [1.82, 2.24) is 8.61 Å². The number of benzene rings is 2. The van der Waals surface area contributed by atoms with Crippen LogP contribution in [0.2, 0.25) is 0 Å². The van der Waals surface area contributed by atoms with E-state index in [4.69, 9.17) is 4.74 Å². The second-order valence-corrected chi connectivity index (χ2v) is 17.3. The number of alkyl halides is 6. The normalized spacial score (nSPS) is 17.7. The largest absolute Gasteiger partial charge is 0.484 e. The van der Waals surface area contributed by atoms with E-state index in [2.05, 4.69) is 9.47 Å². The summed E-state index contributed by atoms with van der Waals surface area (Å²) in [7, 11) is -6.91. The molecule has 2 saturated heterocycles. The summed E-state index contributed by atoms with van der Waals surface area (Å²) in [5.41, 5.74) is 1.15. The smallest absolute Gasteiger partial charge is 0.422 e. The molecular formula is C33H44F6N2O8S2. The summed E-state index contributed by atoms with van der Waals surface area (Å²) < 4.78 is 138. The van der Waals surface area contributed by atoms with Crippen molar-refractivity contribution in [1.29, 1.82) is 0 Å². The molecule has 0 saturated carbocycles. The Balaban J connectivity index is 0.000000286. The SMILES string of the molecule is CC(C)(C)OC(=O)CS(=O)(=O)N1CCC(c2ccc(OCC(F)(F)F)cc2)CC1.CS(=O)(=O)N1CCC(c2ccc(OCC(F)(F)F)cc2)CC1. The summed E-state index contributed by atoms with van der Waals surface area (Å²) in [6.45, 7) is 3.82. The Morgan fingerprint density at radius 2 is 1.02 bits per heavy atom. The van der Waals surface area contributed by atoms with Gasteiger partial charge in [0.15, 0.2) is 19.0 Å². The van der Waals surface area contributed by atoms with Gasteiger partial charge in [-0.2, -0.15) is 26.3 Å². The standard InChI is InChI=1S/C19H26F3NO5S.C14H18F3NO3S/c1-18(2,3)28-17(24)12-29(25,26)23-10-8-15(9-11-23)14-4-6-16(7-5-14)27-13-19(20,21)22;1-22(19,20)18-8-6-12(7-9-18)11-2-4-13(5-3-11)21-10-14(15,16)17/h4-7,15H,8-13H2,1-3H3;2-5,12H,6-10H2,1H3. The molecule has 0 amide bonds. The van der Waals surface area contributed by atoms with Crippen molar-refractivity contribution in [3.8, 4) is 11.5 Å². The van der Waals surface area contributed by atoms with Crippen LogP contribution in [0.1, 0.15) is 69.4 Å². The fraction of sp³-hybridized carbons (Fsp3) is 0.606. The van der Waals surface area contributed by atoms with E-state index < -0.39 is 62.9 Å². The summed E-state index contributed by atoms with van der Waals surface area (Å²) >= 11 is 0. The van der Waals surface area contributed by atoms with Gasteiger partial charge in [0.05, 0.1) is 6.26 Å². The molecule has 0 spiro atoms. The Morgan fingerprint density at radius 1 is 0.667 bits per heavy atom. The number of piperidine rings is 2. The van der Waals surface area contributed by atoms with Gasteiger partial charge in [0, 0.05) is 26.2 Å². The molecule has 10 nitrogen and oxygen atoms in total. The first-order valence-electron chi connectivity index (χ1n) is 16.1. The maximum Gasteiger partial charge on any atom is 0.422 e. The number of halogens is 6. The number of hydrogen-bond acceptors (Lipinski definition) is 8. The molecule has 2 aliphatic rings. The Morgan fingerprint density at radius 3 is 1.33 bits per heavy atom. The van der Waals surface area contributed by atoms with Crippen molar-refractivity contribution in [2.45, 2.75) is 76.2 Å². The second kappa shape index (κ2) is 17.2. The van der Waals surface area contributed by atoms with Gasteiger partial charge in [-0.1, -0.05) is 24.3 Å². The molecule has 18 heteroatoms. The first-order chi connectivity index (χ1) is 23.4. The van der Waals surface area contributed by atoms with Gasteiger partial charge in [-0.3, -0.25) is 4.79 Å². The molecule has 2 aromatic carbocycles. The molecular weight excluding hydrogens is 730 g/mol. The van der Waals surface area contributed by atoms with Crippen LogP contribution < -0.4 is 9.47 Å². The molecule has 2 fully saturated rings. The van der Waals surface area contributed by atoms with Crippen LogP contribution in [-0.2, 0) is 29.6 Å². The van der Waals surface area contributed by atoms with Crippen LogP contribution in [0.3, 0.4) is 0 Å². The molecule has 0 bridgehead atoms. The summed E-state index contributed by atoms with van der Waals surface area (Å²) in [5, 5.41) is 0. The van der Waals surface area contributed by atoms with Crippen LogP contribution in [0.25, 0.3) is 0 Å². The Kier molecular flexibility index (Phi) is 14.2. The number of rotatable bonds is 10. The topological polar surface area (TPSA) is 120 Å². The van der Waals surface area contributed by atoms with Gasteiger partial charge in [0.25, 0.3) is 0 Å². The van der Waals surface area contributed by atoms with Crippen LogP contribution in [0, 0.1) is 0 Å². The molecule has 0 atom stereocenters. The molecule has 0 unspecified atom stereocenters. The summed E-state index contributed by atoms with van der Waals surface area (Å²) in [6.07, 6.45) is -5.04. The maximum absolute atomic E-state index is 12.4. The van der Waals surface area contributed by atoms with Crippen molar-refractivity contribution >= 4 is 26.0 Å². The summed E-state index contributed by atoms with van der Waals surface area (Å²) in [6, 6.07) is 12.9. The van der Waals surface area contributed by atoms with Crippen LogP contribution in [0.5, 0.6) is 11.5 Å². The van der Waals surface area contributed by atoms with Gasteiger partial charge in [-0.15, -0.1) is 0 Å². The molecule has 0 aliphatic carbocycles. The summed E-state index contributed by atoms with van der Waals surface area (Å²) in [4.78, 5) is 11.8. The van der Waals surface area contributed by atoms with E-state index >= 15 is 0 Å². The van der Waals surface area contributed by atoms with Gasteiger partial charge in [0.1, 0.15) is 17.1 Å². The fourth-order valence-electron chi connectivity index (χ4n) is 5.60. The van der Waals surface area contributed by atoms with Crippen LogP contribution >= 0.6 is 0 Å². The third-order valence-corrected chi connectivity index (χ3v) is 11.1. The highest BCUT2D eigenvalue weighted by molar-refractivity contribution is 7.89. The zero-order valence-corrected chi connectivity index (χ0v) is 30.4. The van der Waals surface area contributed by atoms with Crippen molar-refractivity contribution in [2.24, 2.45) is 0 Å². The van der Waals surface area contributed by atoms with E-state index in [9.17, 15) is 48.0 Å². The van der Waals surface area contributed by atoms with Gasteiger partial charge in [-0.05, 0) is 93.7 Å². The van der Waals surface area contributed by atoms with E-state index in [-0.39, 0.29) is 36.4 Å². The lowest BCUT2D eigenvalue weighted by Gasteiger charge is -2.31. The van der Waals surface area contributed by atoms with Crippen molar-refractivity contribution in [2.75, 3.05) is 51.4 Å². The molecule has 2 aromatic rings. The third kappa shape index (κ3) is 15.2. The maximum atomic E-state index is 12.4. The number of hydrogen-bond donors (Lipinski definition) is 0. The van der Waals surface area contributed by atoms with Crippen molar-refractivity contribution in [3.63, 3.8) is 0 Å². The molecule has 0 aromatic heterocycles. The number of carbonyl (C=O) groups is 1. The first kappa shape index (κ1) is 42.3. The lowest BCUT2D eigenvalue weighted by molar-refractivity contribution is -0.154. The first-order valence-corrected chi connectivity index (χ1v) is 19.6. The van der Waals surface area contributed by atoms with Crippen LogP contribution in [0.15, 0.2) is 48.5 Å². The Hall–Kier alpha value is -3.09. The minimum atomic E-state index is -4.39. The number of esters is 1. The number of ether oxygens (including phenoxy) is 3. The molecule has 0 N–H and O–H groups in total. The van der Waals surface area contributed by atoms with E-state index in [1.165, 1.54) is 39.1 Å². The predicted molar refractivity (Wildman–Crippen MR) is 178 cm³/mol. The van der Waals surface area contributed by atoms with E-state index in [1.807, 2.05) is 0 Å². The molecule has 288 valence electrons. The average Bonchev–Trinajstić information content (AvgIpc) is 3.01. The average molecular weight is 775 g/mol. The number of carbonyl (C=O) groups excluding carboxylic acids is 1. The van der Waals surface area contributed by atoms with Gasteiger partial charge >= 0.3 is 18.3 Å². The minimum Gasteiger partial charge on any atom is -0.484 e. The zero-order chi connectivity index (χ0) is 38.3. The van der Waals surface area contributed by atoms with Crippen LogP contribution in [0.4, 0.5) is 26.3 Å². The Labute approximate surface area is 295 Å². The van der Waals surface area contributed by atoms with Crippen molar-refractivity contribution in [3.05, 3.63) is 59.7 Å². The quantitative estimate of drug-likeness (QED) is 0.206. The lowest BCUT2D eigenvalue weighted by atomic mass is 9.90. The van der Waals surface area contributed by atoms with Gasteiger partial charge in [-0.25, -0.2) is 25.4 Å². The number of nitrogens with zero attached hydrogens (tertiary/aromatic N) is 2. The van der Waals surface area contributed by atoms with E-state index in [1.54, 1.807) is 45.0 Å². The number of sulfonamides is 2.